The first-order valence-corrected chi connectivity index (χ1v) is 5.40. The molecule has 14 heavy (non-hydrogen) atoms. The van der Waals surface area contributed by atoms with Crippen LogP contribution in [0, 0.1) is 0 Å². The Kier molecular flexibility index (Phi) is 2.74. The number of rotatable bonds is 3. The van der Waals surface area contributed by atoms with E-state index >= 15 is 0 Å². The molecule has 0 aromatic heterocycles. The van der Waals surface area contributed by atoms with Gasteiger partial charge in [0, 0.05) is 12.6 Å². The van der Waals surface area contributed by atoms with E-state index in [4.69, 9.17) is 0 Å². The third-order valence-corrected chi connectivity index (χ3v) is 3.18. The lowest BCUT2D eigenvalue weighted by atomic mass is 9.92. The van der Waals surface area contributed by atoms with Gasteiger partial charge >= 0.3 is 0 Å². The fraction of sp³-hybridized carbons (Fsp3) is 0.900. The summed E-state index contributed by atoms with van der Waals surface area (Å²) in [7, 11) is 0. The van der Waals surface area contributed by atoms with Crippen LogP contribution in [0.3, 0.4) is 0 Å². The van der Waals surface area contributed by atoms with E-state index in [1.807, 2.05) is 0 Å². The minimum Gasteiger partial charge on any atom is -0.388 e. The minimum atomic E-state index is -0.798. The van der Waals surface area contributed by atoms with Crippen LogP contribution in [0.2, 0.25) is 0 Å². The fourth-order valence-corrected chi connectivity index (χ4v) is 2.01. The molecule has 1 saturated carbocycles. The number of β-amino-alcohol motifs (C(OH)–C–C–N with tert-alkyl or cyclic N) is 1. The molecule has 0 spiro atoms. The van der Waals surface area contributed by atoms with Crippen LogP contribution in [0.4, 0.5) is 0 Å². The summed E-state index contributed by atoms with van der Waals surface area (Å²) in [5, 5.41) is 16.0. The summed E-state index contributed by atoms with van der Waals surface area (Å²) in [6.07, 6.45) is 4.35. The Hall–Kier alpha value is -0.610. The van der Waals surface area contributed by atoms with E-state index in [2.05, 4.69) is 10.6 Å². The Labute approximate surface area is 84.1 Å². The third-order valence-electron chi connectivity index (χ3n) is 3.18. The third kappa shape index (κ3) is 2.25. The molecule has 2 aliphatic rings. The summed E-state index contributed by atoms with van der Waals surface area (Å²) in [5.74, 6) is 0.000833. The summed E-state index contributed by atoms with van der Waals surface area (Å²) in [6.45, 7) is 1.36. The Morgan fingerprint density at radius 2 is 2.36 bits per heavy atom. The summed E-state index contributed by atoms with van der Waals surface area (Å²) in [4.78, 5) is 11.5. The molecule has 1 atom stereocenters. The molecule has 4 nitrogen and oxygen atoms in total. The van der Waals surface area contributed by atoms with Crippen molar-refractivity contribution in [2.24, 2.45) is 0 Å². The van der Waals surface area contributed by atoms with Crippen molar-refractivity contribution in [2.75, 3.05) is 13.1 Å². The second-order valence-corrected chi connectivity index (χ2v) is 4.52. The van der Waals surface area contributed by atoms with Crippen LogP contribution >= 0.6 is 0 Å². The predicted molar refractivity (Wildman–Crippen MR) is 52.8 cm³/mol. The van der Waals surface area contributed by atoms with E-state index < -0.39 is 5.60 Å². The lowest BCUT2D eigenvalue weighted by Gasteiger charge is -2.28. The second-order valence-electron chi connectivity index (χ2n) is 4.52. The molecule has 4 heteroatoms. The van der Waals surface area contributed by atoms with E-state index in [0.29, 0.717) is 19.0 Å². The minimum absolute atomic E-state index is 0.000833. The van der Waals surface area contributed by atoms with E-state index in [-0.39, 0.29) is 12.3 Å². The summed E-state index contributed by atoms with van der Waals surface area (Å²) >= 11 is 0. The number of amides is 1. The first-order valence-electron chi connectivity index (χ1n) is 5.40. The van der Waals surface area contributed by atoms with Crippen LogP contribution in [0.25, 0.3) is 0 Å². The van der Waals surface area contributed by atoms with Gasteiger partial charge in [-0.1, -0.05) is 0 Å². The Bertz CT molecular complexity index is 220. The number of aliphatic hydroxyl groups is 1. The van der Waals surface area contributed by atoms with Crippen LogP contribution in [0.1, 0.15) is 32.1 Å². The van der Waals surface area contributed by atoms with Crippen LogP contribution < -0.4 is 10.6 Å². The maximum absolute atomic E-state index is 11.5. The van der Waals surface area contributed by atoms with Crippen LogP contribution in [-0.2, 0) is 4.79 Å². The highest BCUT2D eigenvalue weighted by Crippen LogP contribution is 2.21. The molecular formula is C10H18N2O2. The number of nitrogens with one attached hydrogen (secondary N) is 2. The quantitative estimate of drug-likeness (QED) is 0.587. The van der Waals surface area contributed by atoms with Gasteiger partial charge in [-0.3, -0.25) is 4.79 Å². The number of hydrogen-bond donors (Lipinski definition) is 3. The normalized spacial score (nSPS) is 32.6. The van der Waals surface area contributed by atoms with Gasteiger partial charge in [0.2, 0.25) is 5.91 Å². The topological polar surface area (TPSA) is 61.4 Å². The zero-order chi connectivity index (χ0) is 10.0. The SMILES string of the molecule is O=C(CC1(O)CCNC1)NC1CCC1. The monoisotopic (exact) mass is 198 g/mol. The number of hydrogen-bond acceptors (Lipinski definition) is 3. The molecule has 0 aromatic rings. The second kappa shape index (κ2) is 3.87. The largest absolute Gasteiger partial charge is 0.388 e. The molecule has 1 saturated heterocycles. The first-order chi connectivity index (χ1) is 6.68. The standard InChI is InChI=1S/C10H18N2O2/c13-9(12-8-2-1-3-8)6-10(14)4-5-11-7-10/h8,11,14H,1-7H2,(H,12,13). The van der Waals surface area contributed by atoms with Crippen molar-refractivity contribution in [1.82, 2.24) is 10.6 Å². The van der Waals surface area contributed by atoms with Gasteiger partial charge in [-0.2, -0.15) is 0 Å². The molecule has 3 N–H and O–H groups in total. The molecule has 0 bridgehead atoms. The average molecular weight is 198 g/mol. The molecule has 0 aromatic carbocycles. The maximum atomic E-state index is 11.5. The van der Waals surface area contributed by atoms with Gasteiger partial charge in [0.15, 0.2) is 0 Å². The van der Waals surface area contributed by atoms with Crippen molar-refractivity contribution in [3.63, 3.8) is 0 Å². The molecule has 2 rings (SSSR count). The molecule has 1 amide bonds. The van der Waals surface area contributed by atoms with Crippen LogP contribution in [0.5, 0.6) is 0 Å². The summed E-state index contributed by atoms with van der Waals surface area (Å²) in [5.41, 5.74) is -0.798. The highest BCUT2D eigenvalue weighted by Gasteiger charge is 2.34. The van der Waals surface area contributed by atoms with Gasteiger partial charge in [-0.05, 0) is 32.2 Å². The van der Waals surface area contributed by atoms with E-state index in [1.165, 1.54) is 6.42 Å². The van der Waals surface area contributed by atoms with Crippen LogP contribution in [-0.4, -0.2) is 35.7 Å². The summed E-state index contributed by atoms with van der Waals surface area (Å²) < 4.78 is 0. The van der Waals surface area contributed by atoms with Crippen molar-refractivity contribution in [2.45, 2.75) is 43.7 Å². The summed E-state index contributed by atoms with van der Waals surface area (Å²) in [6, 6.07) is 0.375. The number of carbonyl (C=O) groups is 1. The van der Waals surface area contributed by atoms with Crippen LogP contribution in [0.15, 0.2) is 0 Å². The van der Waals surface area contributed by atoms with Crippen molar-refractivity contribution >= 4 is 5.91 Å². The highest BCUT2D eigenvalue weighted by atomic mass is 16.3. The Balaban J connectivity index is 1.75. The molecule has 1 aliphatic carbocycles. The molecular weight excluding hydrogens is 180 g/mol. The van der Waals surface area contributed by atoms with E-state index in [0.717, 1.165) is 19.4 Å². The first kappa shape index (κ1) is 9.93. The average Bonchev–Trinajstić information content (AvgIpc) is 2.44. The van der Waals surface area contributed by atoms with E-state index in [1.54, 1.807) is 0 Å². The maximum Gasteiger partial charge on any atom is 0.223 e. The van der Waals surface area contributed by atoms with Crippen molar-refractivity contribution in [3.8, 4) is 0 Å². The smallest absolute Gasteiger partial charge is 0.223 e. The molecule has 2 fully saturated rings. The van der Waals surface area contributed by atoms with Gasteiger partial charge in [0.25, 0.3) is 0 Å². The lowest BCUT2D eigenvalue weighted by Crippen LogP contribution is -2.44. The van der Waals surface area contributed by atoms with Gasteiger partial charge in [-0.25, -0.2) is 0 Å². The lowest BCUT2D eigenvalue weighted by molar-refractivity contribution is -0.126. The zero-order valence-corrected chi connectivity index (χ0v) is 8.38. The van der Waals surface area contributed by atoms with Gasteiger partial charge in [0.05, 0.1) is 12.0 Å². The van der Waals surface area contributed by atoms with Gasteiger partial charge in [0.1, 0.15) is 0 Å². The van der Waals surface area contributed by atoms with Gasteiger partial charge < -0.3 is 15.7 Å². The fourth-order valence-electron chi connectivity index (χ4n) is 2.01. The molecule has 0 radical (unpaired) electrons. The molecule has 1 heterocycles. The molecule has 1 aliphatic heterocycles. The molecule has 1 unspecified atom stereocenters. The Morgan fingerprint density at radius 1 is 1.57 bits per heavy atom. The highest BCUT2D eigenvalue weighted by molar-refractivity contribution is 5.77. The molecule has 80 valence electrons. The predicted octanol–water partition coefficient (Wildman–Crippen LogP) is -0.230. The van der Waals surface area contributed by atoms with Crippen molar-refractivity contribution in [3.05, 3.63) is 0 Å². The van der Waals surface area contributed by atoms with Crippen molar-refractivity contribution in [1.29, 1.82) is 0 Å². The van der Waals surface area contributed by atoms with Crippen molar-refractivity contribution < 1.29 is 9.90 Å². The van der Waals surface area contributed by atoms with E-state index in [9.17, 15) is 9.90 Å². The number of carbonyl (C=O) groups excluding carboxylic acids is 1. The Morgan fingerprint density at radius 3 is 2.86 bits per heavy atom. The van der Waals surface area contributed by atoms with Gasteiger partial charge in [-0.15, -0.1) is 0 Å². The zero-order valence-electron chi connectivity index (χ0n) is 8.38.